The van der Waals surface area contributed by atoms with E-state index in [9.17, 15) is 27.2 Å². The van der Waals surface area contributed by atoms with Gasteiger partial charge in [0.05, 0.1) is 5.56 Å². The van der Waals surface area contributed by atoms with Crippen molar-refractivity contribution in [2.75, 3.05) is 6.54 Å². The maximum atomic E-state index is 13.0. The molecule has 0 aliphatic carbocycles. The topological polar surface area (TPSA) is 49.4 Å². The van der Waals surface area contributed by atoms with Gasteiger partial charge in [-0.1, -0.05) is 12.1 Å². The first-order valence-corrected chi connectivity index (χ1v) is 9.25. The Morgan fingerprint density at radius 3 is 2.52 bits per heavy atom. The van der Waals surface area contributed by atoms with Crippen LogP contribution in [-0.4, -0.2) is 29.3 Å². The highest BCUT2D eigenvalue weighted by Gasteiger charge is 2.32. The molecule has 1 aliphatic rings. The van der Waals surface area contributed by atoms with Gasteiger partial charge in [-0.15, -0.1) is 0 Å². The molecule has 4 nitrogen and oxygen atoms in total. The number of nitrogens with zero attached hydrogens (tertiary/aromatic N) is 1. The van der Waals surface area contributed by atoms with Gasteiger partial charge in [0.2, 0.25) is 5.91 Å². The molecule has 0 bridgehead atoms. The van der Waals surface area contributed by atoms with Crippen molar-refractivity contribution in [1.29, 1.82) is 0 Å². The molecule has 3 rings (SSSR count). The maximum absolute atomic E-state index is 13.0. The first-order chi connectivity index (χ1) is 13.7. The van der Waals surface area contributed by atoms with Gasteiger partial charge in [-0.2, -0.15) is 13.2 Å². The molecule has 1 fully saturated rings. The first-order valence-electron chi connectivity index (χ1n) is 9.25. The van der Waals surface area contributed by atoms with Crippen molar-refractivity contribution in [2.24, 2.45) is 0 Å². The lowest BCUT2D eigenvalue weighted by molar-refractivity contribution is -0.137. The number of alkyl halides is 3. The van der Waals surface area contributed by atoms with Crippen LogP contribution in [-0.2, 0) is 17.5 Å². The van der Waals surface area contributed by atoms with Crippen LogP contribution in [0.3, 0.4) is 0 Å². The van der Waals surface area contributed by atoms with Gasteiger partial charge >= 0.3 is 6.18 Å². The number of rotatable bonds is 4. The second-order valence-electron chi connectivity index (χ2n) is 6.99. The fraction of sp³-hybridized carbons (Fsp3) is 0.333. The summed E-state index contributed by atoms with van der Waals surface area (Å²) in [6.07, 6.45) is -2.64. The van der Waals surface area contributed by atoms with Crippen LogP contribution in [0.2, 0.25) is 0 Å². The highest BCUT2D eigenvalue weighted by Crippen LogP contribution is 2.30. The highest BCUT2D eigenvalue weighted by atomic mass is 19.4. The van der Waals surface area contributed by atoms with Crippen LogP contribution in [0.15, 0.2) is 48.5 Å². The van der Waals surface area contributed by atoms with E-state index in [1.165, 1.54) is 23.1 Å². The van der Waals surface area contributed by atoms with E-state index in [0.717, 1.165) is 24.3 Å². The second-order valence-corrected chi connectivity index (χ2v) is 6.99. The monoisotopic (exact) mass is 408 g/mol. The van der Waals surface area contributed by atoms with Crippen LogP contribution < -0.4 is 5.32 Å². The van der Waals surface area contributed by atoms with Crippen molar-refractivity contribution in [3.63, 3.8) is 0 Å². The number of carbonyl (C=O) groups is 2. The van der Waals surface area contributed by atoms with E-state index in [-0.39, 0.29) is 18.0 Å². The molecule has 0 aromatic heterocycles. The smallest absolute Gasteiger partial charge is 0.340 e. The molecule has 1 atom stereocenters. The molecule has 0 radical (unpaired) electrons. The van der Waals surface area contributed by atoms with Gasteiger partial charge in [0, 0.05) is 18.7 Å². The fourth-order valence-electron chi connectivity index (χ4n) is 3.31. The third-order valence-electron chi connectivity index (χ3n) is 4.82. The summed E-state index contributed by atoms with van der Waals surface area (Å²) in [5.41, 5.74) is -0.162. The van der Waals surface area contributed by atoms with E-state index in [1.807, 2.05) is 0 Å². The van der Waals surface area contributed by atoms with Crippen molar-refractivity contribution in [1.82, 2.24) is 10.2 Å². The number of nitrogens with one attached hydrogen (secondary N) is 1. The quantitative estimate of drug-likeness (QED) is 0.773. The summed E-state index contributed by atoms with van der Waals surface area (Å²) in [6, 6.07) is 9.06. The predicted molar refractivity (Wildman–Crippen MR) is 98.4 cm³/mol. The molecular weight excluding hydrogens is 388 g/mol. The molecule has 2 aromatic rings. The van der Waals surface area contributed by atoms with Gasteiger partial charge in [0.1, 0.15) is 11.9 Å². The lowest BCUT2D eigenvalue weighted by Crippen LogP contribution is -2.47. The predicted octanol–water partition coefficient (Wildman–Crippen LogP) is 4.16. The number of amides is 2. The molecule has 1 saturated heterocycles. The van der Waals surface area contributed by atoms with Gasteiger partial charge in [0.25, 0.3) is 5.91 Å². The minimum Gasteiger partial charge on any atom is -0.340 e. The normalized spacial score (nSPS) is 17.7. The van der Waals surface area contributed by atoms with Gasteiger partial charge in [-0.25, -0.2) is 4.39 Å². The third kappa shape index (κ3) is 5.34. The molecule has 8 heteroatoms. The summed E-state index contributed by atoms with van der Waals surface area (Å²) in [4.78, 5) is 26.7. The average Bonchev–Trinajstić information content (AvgIpc) is 2.84. The van der Waals surface area contributed by atoms with E-state index in [0.29, 0.717) is 31.4 Å². The lowest BCUT2D eigenvalue weighted by atomic mass is 10.1. The van der Waals surface area contributed by atoms with E-state index in [1.54, 1.807) is 6.07 Å². The Bertz CT molecular complexity index is 881. The summed E-state index contributed by atoms with van der Waals surface area (Å²) in [5, 5.41) is 2.66. The zero-order valence-electron chi connectivity index (χ0n) is 15.5. The summed E-state index contributed by atoms with van der Waals surface area (Å²) >= 11 is 0. The van der Waals surface area contributed by atoms with E-state index in [4.69, 9.17) is 0 Å². The zero-order chi connectivity index (χ0) is 21.0. The summed E-state index contributed by atoms with van der Waals surface area (Å²) in [5.74, 6) is -1.31. The standard InChI is InChI=1S/C21H20F4N2O2/c22-17-9-7-15(8-10-17)19(28)26-18-6-1-2-11-27(20(18)29)13-14-4-3-5-16(12-14)21(23,24)25/h3-5,7-10,12,18H,1-2,6,11,13H2,(H,26,28). The van der Waals surface area contributed by atoms with Crippen molar-refractivity contribution < 1.29 is 27.2 Å². The maximum Gasteiger partial charge on any atom is 0.416 e. The van der Waals surface area contributed by atoms with Crippen LogP contribution in [0.25, 0.3) is 0 Å². The number of halogens is 4. The van der Waals surface area contributed by atoms with Crippen LogP contribution in [0.1, 0.15) is 40.7 Å². The molecular formula is C21H20F4N2O2. The summed E-state index contributed by atoms with van der Waals surface area (Å²) in [7, 11) is 0. The number of benzene rings is 2. The Labute approximate surface area is 165 Å². The number of likely N-dealkylation sites (tertiary alicyclic amines) is 1. The molecule has 1 heterocycles. The SMILES string of the molecule is O=C(NC1CCCCN(Cc2cccc(C(F)(F)F)c2)C1=O)c1ccc(F)cc1. The first kappa shape index (κ1) is 20.8. The molecule has 0 saturated carbocycles. The van der Waals surface area contributed by atoms with Crippen LogP contribution in [0, 0.1) is 5.82 Å². The van der Waals surface area contributed by atoms with Crippen LogP contribution in [0.5, 0.6) is 0 Å². The largest absolute Gasteiger partial charge is 0.416 e. The van der Waals surface area contributed by atoms with Gasteiger partial charge in [-0.05, 0) is 61.2 Å². The Kier molecular flexibility index (Phi) is 6.20. The minimum atomic E-state index is -4.45. The fourth-order valence-corrected chi connectivity index (χ4v) is 3.31. The summed E-state index contributed by atoms with van der Waals surface area (Å²) < 4.78 is 51.8. The van der Waals surface area contributed by atoms with Crippen molar-refractivity contribution >= 4 is 11.8 Å². The number of hydrogen-bond acceptors (Lipinski definition) is 2. The number of carbonyl (C=O) groups excluding carboxylic acids is 2. The molecule has 154 valence electrons. The third-order valence-corrected chi connectivity index (χ3v) is 4.82. The van der Waals surface area contributed by atoms with E-state index in [2.05, 4.69) is 5.32 Å². The van der Waals surface area contributed by atoms with Crippen LogP contribution >= 0.6 is 0 Å². The van der Waals surface area contributed by atoms with E-state index >= 15 is 0 Å². The van der Waals surface area contributed by atoms with Crippen molar-refractivity contribution in [3.05, 3.63) is 71.0 Å². The van der Waals surface area contributed by atoms with Crippen molar-refractivity contribution in [2.45, 2.75) is 38.0 Å². The van der Waals surface area contributed by atoms with E-state index < -0.39 is 29.5 Å². The Hall–Kier alpha value is -2.90. The Balaban J connectivity index is 1.71. The molecule has 1 N–H and O–H groups in total. The molecule has 1 aliphatic heterocycles. The molecule has 2 amide bonds. The molecule has 0 spiro atoms. The van der Waals surface area contributed by atoms with Crippen molar-refractivity contribution in [3.8, 4) is 0 Å². The summed E-state index contributed by atoms with van der Waals surface area (Å²) in [6.45, 7) is 0.434. The second kappa shape index (κ2) is 8.63. The average molecular weight is 408 g/mol. The lowest BCUT2D eigenvalue weighted by Gasteiger charge is -2.25. The van der Waals surface area contributed by atoms with Gasteiger partial charge in [-0.3, -0.25) is 9.59 Å². The highest BCUT2D eigenvalue weighted by molar-refractivity contribution is 5.97. The zero-order valence-corrected chi connectivity index (χ0v) is 15.5. The Morgan fingerprint density at radius 1 is 1.10 bits per heavy atom. The van der Waals surface area contributed by atoms with Gasteiger partial charge in [0.15, 0.2) is 0 Å². The molecule has 29 heavy (non-hydrogen) atoms. The minimum absolute atomic E-state index is 0.0334. The van der Waals surface area contributed by atoms with Crippen LogP contribution in [0.4, 0.5) is 17.6 Å². The van der Waals surface area contributed by atoms with Gasteiger partial charge < -0.3 is 10.2 Å². The number of hydrogen-bond donors (Lipinski definition) is 1. The molecule has 2 aromatic carbocycles. The molecule has 1 unspecified atom stereocenters. The Morgan fingerprint density at radius 2 is 1.83 bits per heavy atom.